The highest BCUT2D eigenvalue weighted by atomic mass is 35.5. The molecule has 2 rings (SSSR count). The minimum absolute atomic E-state index is 0.00663. The Kier molecular flexibility index (Phi) is 5.00. The van der Waals surface area contributed by atoms with Gasteiger partial charge in [0.25, 0.3) is 5.69 Å². The number of aliphatic hydroxyl groups is 1. The lowest BCUT2D eigenvalue weighted by Crippen LogP contribution is -1.90. The summed E-state index contributed by atoms with van der Waals surface area (Å²) in [7, 11) is 0. The molecule has 0 aliphatic rings. The fourth-order valence-corrected chi connectivity index (χ4v) is 2.97. The second-order valence-corrected chi connectivity index (χ2v) is 5.58. The highest BCUT2D eigenvalue weighted by Crippen LogP contribution is 2.29. The van der Waals surface area contributed by atoms with Crippen molar-refractivity contribution in [2.75, 3.05) is 0 Å². The SMILES string of the molecule is O=[N+]([O-])c1ccc(CSc2cccc(CO)c2)c(Cl)c1. The Morgan fingerprint density at radius 3 is 2.70 bits per heavy atom. The molecule has 0 aromatic heterocycles. The highest BCUT2D eigenvalue weighted by molar-refractivity contribution is 7.98. The number of hydrogen-bond acceptors (Lipinski definition) is 4. The molecule has 0 fully saturated rings. The molecule has 1 N–H and O–H groups in total. The zero-order valence-corrected chi connectivity index (χ0v) is 12.0. The van der Waals surface area contributed by atoms with Crippen LogP contribution in [0.25, 0.3) is 0 Å². The minimum Gasteiger partial charge on any atom is -0.392 e. The van der Waals surface area contributed by atoms with Gasteiger partial charge in [-0.25, -0.2) is 0 Å². The number of non-ortho nitro benzene ring substituents is 1. The third-order valence-electron chi connectivity index (χ3n) is 2.72. The molecule has 0 atom stereocenters. The number of benzene rings is 2. The first-order valence-electron chi connectivity index (χ1n) is 5.85. The molecule has 0 saturated heterocycles. The van der Waals surface area contributed by atoms with Crippen molar-refractivity contribution >= 4 is 29.1 Å². The summed E-state index contributed by atoms with van der Waals surface area (Å²) in [5.41, 5.74) is 1.69. The van der Waals surface area contributed by atoms with Crippen molar-refractivity contribution in [1.29, 1.82) is 0 Å². The number of aliphatic hydroxyl groups excluding tert-OH is 1. The number of nitro benzene ring substituents is 1. The second-order valence-electron chi connectivity index (χ2n) is 4.13. The summed E-state index contributed by atoms with van der Waals surface area (Å²) in [6, 6.07) is 12.1. The number of nitro groups is 1. The Hall–Kier alpha value is -1.56. The van der Waals surface area contributed by atoms with Crippen LogP contribution in [0.2, 0.25) is 5.02 Å². The quantitative estimate of drug-likeness (QED) is 0.514. The van der Waals surface area contributed by atoms with Crippen LogP contribution in [-0.2, 0) is 12.4 Å². The van der Waals surface area contributed by atoms with Crippen molar-refractivity contribution in [2.45, 2.75) is 17.3 Å². The third-order valence-corrected chi connectivity index (χ3v) is 4.12. The van der Waals surface area contributed by atoms with Crippen molar-refractivity contribution in [3.63, 3.8) is 0 Å². The van der Waals surface area contributed by atoms with Gasteiger partial charge in [-0.3, -0.25) is 10.1 Å². The Morgan fingerprint density at radius 1 is 1.25 bits per heavy atom. The first kappa shape index (κ1) is 14.8. The molecule has 6 heteroatoms. The molecule has 2 aromatic carbocycles. The van der Waals surface area contributed by atoms with Crippen molar-refractivity contribution in [1.82, 2.24) is 0 Å². The summed E-state index contributed by atoms with van der Waals surface area (Å²) in [6.45, 7) is 0.00663. The lowest BCUT2D eigenvalue weighted by atomic mass is 10.2. The molecular formula is C14H12ClNO3S. The van der Waals surface area contributed by atoms with E-state index in [1.165, 1.54) is 12.1 Å². The fourth-order valence-electron chi connectivity index (χ4n) is 1.66. The largest absolute Gasteiger partial charge is 0.392 e. The first-order chi connectivity index (χ1) is 9.60. The molecule has 0 aliphatic carbocycles. The Bertz CT molecular complexity index is 634. The van der Waals surface area contributed by atoms with Gasteiger partial charge in [0.05, 0.1) is 16.6 Å². The first-order valence-corrected chi connectivity index (χ1v) is 7.22. The lowest BCUT2D eigenvalue weighted by molar-refractivity contribution is -0.384. The maximum atomic E-state index is 10.6. The summed E-state index contributed by atoms with van der Waals surface area (Å²) in [5.74, 6) is 0.617. The summed E-state index contributed by atoms with van der Waals surface area (Å²) in [5, 5.41) is 20.1. The summed E-state index contributed by atoms with van der Waals surface area (Å²) in [6.07, 6.45) is 0. The number of halogens is 1. The smallest absolute Gasteiger partial charge is 0.270 e. The van der Waals surface area contributed by atoms with E-state index in [0.29, 0.717) is 10.8 Å². The number of rotatable bonds is 5. The predicted octanol–water partition coefficient (Wildman–Crippen LogP) is 4.03. The normalized spacial score (nSPS) is 10.5. The summed E-state index contributed by atoms with van der Waals surface area (Å²) < 4.78 is 0. The van der Waals surface area contributed by atoms with Crippen molar-refractivity contribution in [2.24, 2.45) is 0 Å². The van der Waals surface area contributed by atoms with Crippen molar-refractivity contribution in [3.8, 4) is 0 Å². The second kappa shape index (κ2) is 6.74. The van der Waals surface area contributed by atoms with Crippen LogP contribution < -0.4 is 0 Å². The van der Waals surface area contributed by atoms with Gasteiger partial charge in [0, 0.05) is 22.8 Å². The van der Waals surface area contributed by atoms with Crippen LogP contribution in [0.15, 0.2) is 47.4 Å². The molecule has 0 heterocycles. The zero-order valence-electron chi connectivity index (χ0n) is 10.5. The Balaban J connectivity index is 2.08. The Labute approximate surface area is 125 Å². The van der Waals surface area contributed by atoms with Gasteiger partial charge in [0.2, 0.25) is 0 Å². The summed E-state index contributed by atoms with van der Waals surface area (Å²) >= 11 is 7.61. The van der Waals surface area contributed by atoms with Crippen LogP contribution in [0, 0.1) is 10.1 Å². The van der Waals surface area contributed by atoms with Gasteiger partial charge in [0.15, 0.2) is 0 Å². The number of nitrogens with zero attached hydrogens (tertiary/aromatic N) is 1. The maximum Gasteiger partial charge on any atom is 0.270 e. The van der Waals surface area contributed by atoms with Gasteiger partial charge in [-0.05, 0) is 29.3 Å². The van der Waals surface area contributed by atoms with Gasteiger partial charge < -0.3 is 5.11 Å². The number of thioether (sulfide) groups is 1. The van der Waals surface area contributed by atoms with Crippen LogP contribution in [0.1, 0.15) is 11.1 Å². The van der Waals surface area contributed by atoms with E-state index in [4.69, 9.17) is 16.7 Å². The number of hydrogen-bond donors (Lipinski definition) is 1. The van der Waals surface area contributed by atoms with Crippen LogP contribution in [0.3, 0.4) is 0 Å². The van der Waals surface area contributed by atoms with E-state index in [1.807, 2.05) is 24.3 Å². The monoisotopic (exact) mass is 309 g/mol. The molecule has 0 spiro atoms. The molecule has 104 valence electrons. The molecule has 0 amide bonds. The van der Waals surface area contributed by atoms with Gasteiger partial charge in [-0.15, -0.1) is 11.8 Å². The zero-order chi connectivity index (χ0) is 14.5. The predicted molar refractivity (Wildman–Crippen MR) is 80.0 cm³/mol. The van der Waals surface area contributed by atoms with E-state index in [-0.39, 0.29) is 12.3 Å². The van der Waals surface area contributed by atoms with E-state index in [2.05, 4.69) is 0 Å². The topological polar surface area (TPSA) is 63.4 Å². The molecule has 0 bridgehead atoms. The van der Waals surface area contributed by atoms with Gasteiger partial charge in [0.1, 0.15) is 0 Å². The van der Waals surface area contributed by atoms with Gasteiger partial charge in [-0.2, -0.15) is 0 Å². The summed E-state index contributed by atoms with van der Waals surface area (Å²) in [4.78, 5) is 11.2. The molecule has 0 aliphatic heterocycles. The molecule has 0 unspecified atom stereocenters. The van der Waals surface area contributed by atoms with Crippen molar-refractivity contribution in [3.05, 3.63) is 68.7 Å². The lowest BCUT2D eigenvalue weighted by Gasteiger charge is -2.05. The Morgan fingerprint density at radius 2 is 2.05 bits per heavy atom. The van der Waals surface area contributed by atoms with Gasteiger partial charge >= 0.3 is 0 Å². The minimum atomic E-state index is -0.465. The third kappa shape index (κ3) is 3.72. The van der Waals surface area contributed by atoms with Crippen LogP contribution in [0.5, 0.6) is 0 Å². The molecule has 4 nitrogen and oxygen atoms in total. The van der Waals surface area contributed by atoms with E-state index >= 15 is 0 Å². The fraction of sp³-hybridized carbons (Fsp3) is 0.143. The molecule has 0 radical (unpaired) electrons. The average molecular weight is 310 g/mol. The van der Waals surface area contributed by atoms with Crippen LogP contribution >= 0.6 is 23.4 Å². The van der Waals surface area contributed by atoms with E-state index < -0.39 is 4.92 Å². The van der Waals surface area contributed by atoms with Crippen molar-refractivity contribution < 1.29 is 10.0 Å². The molecular weight excluding hydrogens is 298 g/mol. The molecule has 0 saturated carbocycles. The average Bonchev–Trinajstić information content (AvgIpc) is 2.46. The van der Waals surface area contributed by atoms with Crippen LogP contribution in [-0.4, -0.2) is 10.0 Å². The molecule has 20 heavy (non-hydrogen) atoms. The maximum absolute atomic E-state index is 10.6. The van der Waals surface area contributed by atoms with E-state index in [1.54, 1.807) is 17.8 Å². The van der Waals surface area contributed by atoms with E-state index in [0.717, 1.165) is 16.0 Å². The standard InChI is InChI=1S/C14H12ClNO3S/c15-14-7-12(16(18)19)5-4-11(14)9-20-13-3-1-2-10(6-13)8-17/h1-7,17H,8-9H2. The molecule has 2 aromatic rings. The van der Waals surface area contributed by atoms with E-state index in [9.17, 15) is 10.1 Å². The highest BCUT2D eigenvalue weighted by Gasteiger charge is 2.09. The van der Waals surface area contributed by atoms with Gasteiger partial charge in [-0.1, -0.05) is 23.7 Å². The van der Waals surface area contributed by atoms with Crippen LogP contribution in [0.4, 0.5) is 5.69 Å².